The molecule has 3 aliphatic rings. The molecule has 1 unspecified atom stereocenters. The summed E-state index contributed by atoms with van der Waals surface area (Å²) in [6.45, 7) is 0. The molecule has 1 aliphatic heterocycles. The maximum Gasteiger partial charge on any atom is 0.209 e. The Morgan fingerprint density at radius 3 is 1.90 bits per heavy atom. The van der Waals surface area contributed by atoms with Gasteiger partial charge in [-0.1, -0.05) is 84.9 Å². The first-order chi connectivity index (χ1) is 14.8. The third-order valence-corrected chi connectivity index (χ3v) is 5.48. The van der Waals surface area contributed by atoms with Gasteiger partial charge in [-0.15, -0.1) is 0 Å². The molecule has 0 spiro atoms. The number of carbonyl (C=O) groups is 1. The first kappa shape index (κ1) is 18.1. The number of carbonyl (C=O) groups excluding carboxylic acids is 1. The van der Waals surface area contributed by atoms with E-state index >= 15 is 0 Å². The van der Waals surface area contributed by atoms with Gasteiger partial charge in [0, 0.05) is 23.4 Å². The van der Waals surface area contributed by atoms with E-state index in [0.717, 1.165) is 16.8 Å². The summed E-state index contributed by atoms with van der Waals surface area (Å²) in [6.07, 6.45) is 6.23. The van der Waals surface area contributed by atoms with Crippen LogP contribution in [0.3, 0.4) is 0 Å². The zero-order valence-electron chi connectivity index (χ0n) is 16.5. The summed E-state index contributed by atoms with van der Waals surface area (Å²) in [5, 5.41) is 0. The number of rotatable bonds is 4. The highest BCUT2D eigenvalue weighted by molar-refractivity contribution is 6.13. The fourth-order valence-corrected chi connectivity index (χ4v) is 3.94. The van der Waals surface area contributed by atoms with Gasteiger partial charge >= 0.3 is 0 Å². The summed E-state index contributed by atoms with van der Waals surface area (Å²) in [5.41, 5.74) is 5.68. The fourth-order valence-electron chi connectivity index (χ4n) is 3.94. The molecule has 5 rings (SSSR count). The van der Waals surface area contributed by atoms with Crippen molar-refractivity contribution in [2.24, 2.45) is 0 Å². The molecule has 2 aromatic rings. The number of nitrogens with zero attached hydrogens (tertiary/aromatic N) is 1. The van der Waals surface area contributed by atoms with Crippen LogP contribution in [0.1, 0.15) is 21.8 Å². The second kappa shape index (κ2) is 7.84. The summed E-state index contributed by atoms with van der Waals surface area (Å²) < 4.78 is 0. The number of fused-ring (bicyclic) bond motifs is 1. The van der Waals surface area contributed by atoms with Crippen molar-refractivity contribution in [2.45, 2.75) is 5.92 Å². The number of ketones is 1. The Morgan fingerprint density at radius 1 is 0.700 bits per heavy atom. The number of hydrogen-bond donors (Lipinski definition) is 0. The highest BCUT2D eigenvalue weighted by Crippen LogP contribution is 2.33. The van der Waals surface area contributed by atoms with Crippen LogP contribution in [0.5, 0.6) is 0 Å². The van der Waals surface area contributed by atoms with E-state index in [1.165, 1.54) is 5.56 Å². The number of para-hydroxylation sites is 1. The lowest BCUT2D eigenvalue weighted by atomic mass is 9.93. The van der Waals surface area contributed by atoms with Crippen molar-refractivity contribution < 1.29 is 4.79 Å². The lowest BCUT2D eigenvalue weighted by Crippen LogP contribution is -2.25. The zero-order valence-corrected chi connectivity index (χ0v) is 16.5. The van der Waals surface area contributed by atoms with Crippen LogP contribution in [-0.4, -0.2) is 5.78 Å². The summed E-state index contributed by atoms with van der Waals surface area (Å²) in [5.74, 6) is 0.0928. The molecule has 0 radical (unpaired) electrons. The maximum absolute atomic E-state index is 13.7. The average Bonchev–Trinajstić information content (AvgIpc) is 3.09. The van der Waals surface area contributed by atoms with Gasteiger partial charge in [0.2, 0.25) is 5.78 Å². The van der Waals surface area contributed by atoms with E-state index in [1.807, 2.05) is 102 Å². The van der Waals surface area contributed by atoms with Gasteiger partial charge in [-0.3, -0.25) is 4.79 Å². The van der Waals surface area contributed by atoms with E-state index in [2.05, 4.69) is 24.3 Å². The smallest absolute Gasteiger partial charge is 0.209 e. The Kier molecular flexibility index (Phi) is 4.74. The Bertz CT molecular complexity index is 1180. The van der Waals surface area contributed by atoms with Crippen molar-refractivity contribution in [3.63, 3.8) is 0 Å². The molecule has 2 nitrogen and oxygen atoms in total. The van der Waals surface area contributed by atoms with Crippen molar-refractivity contribution in [1.82, 2.24) is 0 Å². The predicted octanol–water partition coefficient (Wildman–Crippen LogP) is 6.68. The molecule has 1 heterocycles. The van der Waals surface area contributed by atoms with E-state index in [1.54, 1.807) is 0 Å². The summed E-state index contributed by atoms with van der Waals surface area (Å²) in [6, 6.07) is 34.3. The minimum Gasteiger partial charge on any atom is -0.314 e. The van der Waals surface area contributed by atoms with Crippen LogP contribution < -0.4 is 4.90 Å². The molecule has 30 heavy (non-hydrogen) atoms. The molecule has 2 aliphatic carbocycles. The summed E-state index contributed by atoms with van der Waals surface area (Å²) in [4.78, 5) is 15.6. The second-order valence-electron chi connectivity index (χ2n) is 7.43. The molecule has 0 saturated carbocycles. The van der Waals surface area contributed by atoms with Crippen LogP contribution in [0.4, 0.5) is 5.69 Å². The molecular formula is C28H21NO. The van der Waals surface area contributed by atoms with Crippen LogP contribution in [-0.2, 0) is 0 Å². The van der Waals surface area contributed by atoms with Crippen molar-refractivity contribution in [1.29, 1.82) is 0 Å². The van der Waals surface area contributed by atoms with Gasteiger partial charge in [0.05, 0.1) is 5.70 Å². The standard InChI is InChI=1S/C28H21NO/c30-28(25-18-22-12-6-2-7-13-23(22)19-25)27-20-24(21-10-4-1-5-11-21)16-17-29(27)26-14-8-3-9-15-26/h1-20,24H. The van der Waals surface area contributed by atoms with Crippen molar-refractivity contribution >= 4 is 11.5 Å². The molecule has 0 N–H and O–H groups in total. The Labute approximate surface area is 176 Å². The van der Waals surface area contributed by atoms with E-state index < -0.39 is 0 Å². The molecule has 144 valence electrons. The first-order valence-electron chi connectivity index (χ1n) is 10.1. The lowest BCUT2D eigenvalue weighted by Gasteiger charge is -2.28. The van der Waals surface area contributed by atoms with Gasteiger partial charge in [-0.25, -0.2) is 0 Å². The molecule has 2 aromatic carbocycles. The van der Waals surface area contributed by atoms with E-state index in [-0.39, 0.29) is 11.7 Å². The summed E-state index contributed by atoms with van der Waals surface area (Å²) in [7, 11) is 0. The Balaban J connectivity index is 1.59. The average molecular weight is 387 g/mol. The van der Waals surface area contributed by atoms with Crippen LogP contribution in [0.25, 0.3) is 11.1 Å². The molecule has 0 fully saturated rings. The molecule has 0 aromatic heterocycles. The number of benzene rings is 2. The maximum atomic E-state index is 13.7. The van der Waals surface area contributed by atoms with Crippen molar-refractivity contribution in [3.05, 3.63) is 138 Å². The van der Waals surface area contributed by atoms with Crippen LogP contribution >= 0.6 is 0 Å². The van der Waals surface area contributed by atoms with Crippen molar-refractivity contribution in [3.8, 4) is 11.1 Å². The van der Waals surface area contributed by atoms with Gasteiger partial charge in [0.25, 0.3) is 0 Å². The van der Waals surface area contributed by atoms with Gasteiger partial charge in [-0.2, -0.15) is 0 Å². The SMILES string of the molecule is O=C(C1=CC(c2ccccc2)C=CN1c1ccccc1)c1cc2cccccc-2c1. The zero-order chi connectivity index (χ0) is 20.3. The van der Waals surface area contributed by atoms with Crippen LogP contribution in [0.2, 0.25) is 0 Å². The molecule has 0 amide bonds. The monoisotopic (exact) mass is 387 g/mol. The molecular weight excluding hydrogens is 366 g/mol. The number of hydrogen-bond acceptors (Lipinski definition) is 2. The number of allylic oxidation sites excluding steroid dienone is 3. The van der Waals surface area contributed by atoms with Gasteiger partial charge in [0.1, 0.15) is 0 Å². The summed E-state index contributed by atoms with van der Waals surface area (Å²) >= 11 is 0. The number of anilines is 1. The second-order valence-corrected chi connectivity index (χ2v) is 7.43. The van der Waals surface area contributed by atoms with E-state index in [4.69, 9.17) is 0 Å². The molecule has 1 atom stereocenters. The van der Waals surface area contributed by atoms with Crippen LogP contribution in [0.15, 0.2) is 127 Å². The first-order valence-corrected chi connectivity index (χ1v) is 10.1. The quantitative estimate of drug-likeness (QED) is 0.364. The third kappa shape index (κ3) is 3.44. The normalized spacial score (nSPS) is 15.8. The molecule has 2 heteroatoms. The minimum atomic E-state index is 0.0305. The predicted molar refractivity (Wildman–Crippen MR) is 123 cm³/mol. The highest BCUT2D eigenvalue weighted by Gasteiger charge is 2.25. The minimum absolute atomic E-state index is 0.0305. The Morgan fingerprint density at radius 2 is 1.27 bits per heavy atom. The topological polar surface area (TPSA) is 20.3 Å². The van der Waals surface area contributed by atoms with Gasteiger partial charge < -0.3 is 4.90 Å². The van der Waals surface area contributed by atoms with Gasteiger partial charge in [-0.05, 0) is 47.0 Å². The van der Waals surface area contributed by atoms with Gasteiger partial charge in [0.15, 0.2) is 0 Å². The van der Waals surface area contributed by atoms with Crippen LogP contribution in [0, 0.1) is 0 Å². The fraction of sp³-hybridized carbons (Fsp3) is 0.0357. The third-order valence-electron chi connectivity index (χ3n) is 5.48. The van der Waals surface area contributed by atoms with E-state index in [0.29, 0.717) is 11.3 Å². The number of Topliss-reactive ketones (excluding diaryl/α,β-unsaturated/α-hetero) is 1. The Hall–Kier alpha value is -3.91. The molecule has 0 bridgehead atoms. The molecule has 0 saturated heterocycles. The largest absolute Gasteiger partial charge is 0.314 e. The lowest BCUT2D eigenvalue weighted by molar-refractivity contribution is 0.103. The van der Waals surface area contributed by atoms with Crippen molar-refractivity contribution in [2.75, 3.05) is 4.90 Å². The highest BCUT2D eigenvalue weighted by atomic mass is 16.1. The van der Waals surface area contributed by atoms with E-state index in [9.17, 15) is 4.79 Å².